The first-order valence-electron chi connectivity index (χ1n) is 22.1. The van der Waals surface area contributed by atoms with Gasteiger partial charge in [-0.25, -0.2) is 0 Å². The molecule has 0 atom stereocenters. The van der Waals surface area contributed by atoms with Gasteiger partial charge in [-0.1, -0.05) is 220 Å². The van der Waals surface area contributed by atoms with E-state index < -0.39 is 5.41 Å². The van der Waals surface area contributed by atoms with Crippen molar-refractivity contribution >= 4 is 27.8 Å². The second-order valence-corrected chi connectivity index (χ2v) is 17.6. The lowest BCUT2D eigenvalue weighted by Gasteiger charge is -2.41. The summed E-state index contributed by atoms with van der Waals surface area (Å²) in [5.41, 5.74) is 20.4. The van der Waals surface area contributed by atoms with E-state index in [1.54, 1.807) is 0 Å². The number of hydrogen-bond donors (Lipinski definition) is 0. The second-order valence-electron chi connectivity index (χ2n) is 17.6. The van der Waals surface area contributed by atoms with Gasteiger partial charge in [-0.15, -0.1) is 0 Å². The Hall–Kier alpha value is -7.74. The molecule has 2 aliphatic carbocycles. The summed E-state index contributed by atoms with van der Waals surface area (Å²) in [5, 5.41) is 2.46. The Morgan fingerprint density at radius 2 is 0.762 bits per heavy atom. The highest BCUT2D eigenvalue weighted by Gasteiger charge is 2.43. The van der Waals surface area contributed by atoms with E-state index in [4.69, 9.17) is 0 Å². The summed E-state index contributed by atoms with van der Waals surface area (Å²) in [6, 6.07) is 88.1. The van der Waals surface area contributed by atoms with Crippen molar-refractivity contribution in [2.24, 2.45) is 0 Å². The minimum Gasteiger partial charge on any atom is -0.310 e. The van der Waals surface area contributed by atoms with Gasteiger partial charge in [-0.2, -0.15) is 0 Å². The minimum atomic E-state index is -0.588. The Bertz CT molecular complexity index is 3250. The van der Waals surface area contributed by atoms with Crippen LogP contribution in [0.25, 0.3) is 55.3 Å². The largest absolute Gasteiger partial charge is 0.310 e. The maximum atomic E-state index is 2.49. The molecular formula is C62H45N. The fraction of sp³-hybridized carbons (Fsp3) is 0.0645. The lowest BCUT2D eigenvalue weighted by Crippen LogP contribution is -2.33. The van der Waals surface area contributed by atoms with Crippen LogP contribution in [0.4, 0.5) is 17.1 Å². The van der Waals surface area contributed by atoms with Gasteiger partial charge < -0.3 is 4.90 Å². The molecule has 0 aromatic heterocycles. The molecule has 1 nitrogen and oxygen atoms in total. The van der Waals surface area contributed by atoms with Crippen LogP contribution in [-0.4, -0.2) is 0 Å². The van der Waals surface area contributed by atoms with Gasteiger partial charge in [-0.05, 0) is 114 Å². The molecule has 2 aliphatic rings. The van der Waals surface area contributed by atoms with Gasteiger partial charge in [0.15, 0.2) is 0 Å². The van der Waals surface area contributed by atoms with E-state index in [2.05, 4.69) is 255 Å². The van der Waals surface area contributed by atoms with E-state index in [-0.39, 0.29) is 5.41 Å². The summed E-state index contributed by atoms with van der Waals surface area (Å²) >= 11 is 0. The maximum absolute atomic E-state index is 2.49. The van der Waals surface area contributed by atoms with E-state index >= 15 is 0 Å². The Morgan fingerprint density at radius 1 is 0.317 bits per heavy atom. The van der Waals surface area contributed by atoms with Crippen LogP contribution >= 0.6 is 0 Å². The average molecular weight is 804 g/mol. The standard InChI is InChI=1S/C62H45N/c1-61(2)55-30-15-12-25-48(55)51-38-37-47(41-58(51)61)63(46-35-33-43(34-36-46)42-19-6-3-7-20-42)59-40-39-53-50-27-14-17-32-57(50)62(44-21-8-4-9-22-44,45-23-10-5-11-24-45)56-31-16-13-26-49(56)52-28-18-29-54(59)60(52)53/h3-41H,1-2H3. The average Bonchev–Trinajstić information content (AvgIpc) is 3.58. The third-order valence-corrected chi connectivity index (χ3v) is 14.0. The van der Waals surface area contributed by atoms with Crippen LogP contribution < -0.4 is 4.90 Å². The quantitative estimate of drug-likeness (QED) is 0.162. The van der Waals surface area contributed by atoms with Crippen LogP contribution in [0.15, 0.2) is 237 Å². The highest BCUT2D eigenvalue weighted by Crippen LogP contribution is 2.56. The van der Waals surface area contributed by atoms with Gasteiger partial charge in [0.1, 0.15) is 0 Å². The van der Waals surface area contributed by atoms with Crippen LogP contribution in [0.5, 0.6) is 0 Å². The highest BCUT2D eigenvalue weighted by molar-refractivity contribution is 6.14. The topological polar surface area (TPSA) is 3.24 Å². The van der Waals surface area contributed by atoms with Crippen LogP contribution in [0, 0.1) is 0 Å². The van der Waals surface area contributed by atoms with Crippen molar-refractivity contribution in [3.05, 3.63) is 270 Å². The van der Waals surface area contributed by atoms with Crippen molar-refractivity contribution in [1.82, 2.24) is 0 Å². The van der Waals surface area contributed by atoms with Gasteiger partial charge in [0.25, 0.3) is 0 Å². The summed E-state index contributed by atoms with van der Waals surface area (Å²) in [6.45, 7) is 4.74. The molecule has 10 aromatic rings. The summed E-state index contributed by atoms with van der Waals surface area (Å²) in [5.74, 6) is 0. The van der Waals surface area contributed by atoms with Crippen LogP contribution in [0.1, 0.15) is 47.2 Å². The third-order valence-electron chi connectivity index (χ3n) is 14.0. The molecule has 0 saturated heterocycles. The van der Waals surface area contributed by atoms with Gasteiger partial charge in [0.2, 0.25) is 0 Å². The van der Waals surface area contributed by atoms with E-state index in [1.165, 1.54) is 88.7 Å². The van der Waals surface area contributed by atoms with Gasteiger partial charge >= 0.3 is 0 Å². The van der Waals surface area contributed by atoms with Crippen molar-refractivity contribution < 1.29 is 0 Å². The Balaban J connectivity index is 1.14. The summed E-state index contributed by atoms with van der Waals surface area (Å²) < 4.78 is 0. The first kappa shape index (κ1) is 37.1. The predicted octanol–water partition coefficient (Wildman–Crippen LogP) is 16.3. The molecule has 10 aromatic carbocycles. The maximum Gasteiger partial charge on any atom is 0.0713 e. The molecule has 0 saturated carbocycles. The third kappa shape index (κ3) is 5.56. The predicted molar refractivity (Wildman–Crippen MR) is 264 cm³/mol. The van der Waals surface area contributed by atoms with Crippen LogP contribution in [0.2, 0.25) is 0 Å². The smallest absolute Gasteiger partial charge is 0.0713 e. The van der Waals surface area contributed by atoms with Crippen molar-refractivity contribution in [1.29, 1.82) is 0 Å². The van der Waals surface area contributed by atoms with Crippen molar-refractivity contribution in [2.75, 3.05) is 4.90 Å². The van der Waals surface area contributed by atoms with Crippen molar-refractivity contribution in [2.45, 2.75) is 24.7 Å². The Morgan fingerprint density at radius 3 is 1.38 bits per heavy atom. The summed E-state index contributed by atoms with van der Waals surface area (Å²) in [4.78, 5) is 2.49. The molecule has 298 valence electrons. The number of nitrogens with zero attached hydrogens (tertiary/aromatic N) is 1. The van der Waals surface area contributed by atoms with Crippen LogP contribution in [-0.2, 0) is 10.8 Å². The molecule has 0 unspecified atom stereocenters. The monoisotopic (exact) mass is 803 g/mol. The van der Waals surface area contributed by atoms with E-state index in [9.17, 15) is 0 Å². The zero-order valence-electron chi connectivity index (χ0n) is 35.5. The SMILES string of the molecule is CC1(C)c2ccccc2-c2ccc(N(c3ccc(-c4ccccc4)cc3)c3ccc4c5c(cccc35)-c3ccccc3C(c3ccccc3)(c3ccccc3)c3ccccc3-4)cc21. The number of rotatable bonds is 6. The van der Waals surface area contributed by atoms with Gasteiger partial charge in [0, 0.05) is 22.2 Å². The zero-order valence-corrected chi connectivity index (χ0v) is 35.5. The van der Waals surface area contributed by atoms with Crippen LogP contribution in [0.3, 0.4) is 0 Å². The van der Waals surface area contributed by atoms with Gasteiger partial charge in [-0.3, -0.25) is 0 Å². The lowest BCUT2D eigenvalue weighted by atomic mass is 9.61. The Kier molecular flexibility index (Phi) is 8.49. The van der Waals surface area contributed by atoms with E-state index in [0.29, 0.717) is 0 Å². The molecule has 0 heterocycles. The second kappa shape index (κ2) is 14.4. The lowest BCUT2D eigenvalue weighted by molar-refractivity contribution is 0.660. The number of fused-ring (bicyclic) bond motifs is 7. The molecule has 0 fully saturated rings. The van der Waals surface area contributed by atoms with Crippen molar-refractivity contribution in [3.63, 3.8) is 0 Å². The first-order chi connectivity index (χ1) is 31.0. The highest BCUT2D eigenvalue weighted by atomic mass is 15.1. The van der Waals surface area contributed by atoms with Crippen molar-refractivity contribution in [3.8, 4) is 44.5 Å². The molecule has 0 radical (unpaired) electrons. The molecule has 0 bridgehead atoms. The number of benzene rings is 10. The number of hydrogen-bond acceptors (Lipinski definition) is 1. The van der Waals surface area contributed by atoms with Gasteiger partial charge in [0.05, 0.1) is 11.1 Å². The fourth-order valence-corrected chi connectivity index (χ4v) is 11.1. The molecular weight excluding hydrogens is 759 g/mol. The molecule has 0 aliphatic heterocycles. The molecule has 1 heteroatoms. The Labute approximate surface area is 370 Å². The van der Waals surface area contributed by atoms with E-state index in [0.717, 1.165) is 17.1 Å². The molecule has 63 heavy (non-hydrogen) atoms. The minimum absolute atomic E-state index is 0.141. The summed E-state index contributed by atoms with van der Waals surface area (Å²) in [7, 11) is 0. The molecule has 0 spiro atoms. The fourth-order valence-electron chi connectivity index (χ4n) is 11.1. The first-order valence-corrected chi connectivity index (χ1v) is 22.1. The molecule has 0 N–H and O–H groups in total. The molecule has 0 amide bonds. The number of anilines is 3. The molecule has 12 rings (SSSR count). The zero-order chi connectivity index (χ0) is 42.1. The normalized spacial score (nSPS) is 13.8. The van der Waals surface area contributed by atoms with E-state index in [1.807, 2.05) is 0 Å². The summed E-state index contributed by atoms with van der Waals surface area (Å²) in [6.07, 6.45) is 0.